The van der Waals surface area contributed by atoms with Crippen LogP contribution in [-0.4, -0.2) is 54.1 Å². The van der Waals surface area contributed by atoms with Gasteiger partial charge in [-0.15, -0.1) is 178 Å². The van der Waals surface area contributed by atoms with Crippen molar-refractivity contribution in [2.45, 2.75) is 165 Å². The molecule has 145 heavy (non-hydrogen) atoms. The number of aromatic nitrogens is 6. The summed E-state index contributed by atoms with van der Waals surface area (Å²) in [5, 5.41) is 10.9. The quantitative estimate of drug-likeness (QED) is 0.0611. The molecule has 0 amide bonds. The molecule has 9 aromatic heterocycles. The molecule has 741 valence electrons. The largest absolute Gasteiger partial charge is 0.500 e. The van der Waals surface area contributed by atoms with Gasteiger partial charge in [0.2, 0.25) is 0 Å². The van der Waals surface area contributed by atoms with Crippen LogP contribution in [0.3, 0.4) is 0 Å². The van der Waals surface area contributed by atoms with Gasteiger partial charge in [0.05, 0.1) is 41.0 Å². The Morgan fingerprint density at radius 1 is 0.324 bits per heavy atom. The summed E-state index contributed by atoms with van der Waals surface area (Å²) in [6.07, 6.45) is 15.2. The van der Waals surface area contributed by atoms with Crippen LogP contribution in [0.25, 0.3) is 133 Å². The van der Waals surface area contributed by atoms with Crippen LogP contribution in [-0.2, 0) is 91.4 Å². The third-order valence-corrected chi connectivity index (χ3v) is 32.0. The number of aryl methyl sites for hydroxylation is 1. The van der Waals surface area contributed by atoms with E-state index in [1.807, 2.05) is 134 Å². The van der Waals surface area contributed by atoms with E-state index in [2.05, 4.69) is 395 Å². The Labute approximate surface area is 900 Å². The molecular weight excluding hydrogens is 2360 g/mol. The number of hydrogen-bond donors (Lipinski definition) is 0. The molecule has 21 aromatic rings. The average Bonchev–Trinajstić information content (AvgIpc) is 1.61. The van der Waals surface area contributed by atoms with E-state index in [4.69, 9.17) is 13.3 Å². The standard InChI is InChI=1S/C30H28NO.C28H24NO.C24H15FNO.C18H24NSi.C15H18NSi.C14H16NSi.3Ir/c1-20(30(2,3)4)23-14-15-31-27(19-23)24-11-13-29-26(18-24)25-17-22(10-12-28(25)32-29)16-21-8-6-5-7-9-21;1-28(2,3)22-13-14-29-25(18-22)21-10-12-26-24(17-21)23-11-9-20(16-27(23)30-26)15-19-7-5-4-6-8-19;25-19-11-12-26-21(15-19)17-9-10-22-20(14-17)24-18(7-4-8-23(24)27-22)13-16-5-2-1-3-6-16;1-14(2)11-16-12-17(15-9-7-6-8-10-15)19-13-18(16)20(3,4)5;1-12-5-7-13(8-6-12)15-10-9-14(11-16-15)17(2,3)4;1-16(2,3)13-9-10-14(15-11-13)12-7-5-4-6-8-12;;;/h5-10,12-15,17-20H,16H2,1-4H3;4-9,11-14,16-18H,15H2,1-3H3;1-8,10-12,14-15H,13H2;6-9,12-14H,11H2,1-5H3;5-7,9-11H,1-4H3;4-7,9-11H,1-3H3;;;/q6*-1;;;. The second-order valence-electron chi connectivity index (χ2n) is 42.5. The van der Waals surface area contributed by atoms with Crippen molar-refractivity contribution in [1.29, 1.82) is 0 Å². The van der Waals surface area contributed by atoms with E-state index in [1.54, 1.807) is 0 Å². The Hall–Kier alpha value is -12.5. The second-order valence-corrected chi connectivity index (χ2v) is 57.7. The molecule has 0 aliphatic carbocycles. The summed E-state index contributed by atoms with van der Waals surface area (Å²) in [6.45, 7) is 43.6. The third kappa shape index (κ3) is 28.6. The SMILES string of the molecule is CC(C)(C)c1ccnc(-c2[c-]cc3oc4cc(Cc5ccccc5)ccc4c3c2)c1.CC(C)Cc1cc(-c2[c-]cccc2)ncc1[Si](C)(C)C.CC(c1ccnc(-c2[c-]cc3oc4ccc(Cc5ccccc5)cc4c3c2)c1)C(C)(C)C.C[Si](C)(C)c1ccc(-c2[c-]cccc2)nc1.Cc1c[c-]c(-c2ccc([Si](C)(C)C)cn2)cc1.Fc1ccnc(-c2[c-]cc3oc4cccc(Cc5ccccc5)c4c3c2)c1.[Ir].[Ir].[Ir]. The van der Waals surface area contributed by atoms with Gasteiger partial charge in [-0.05, 0) is 186 Å². The van der Waals surface area contributed by atoms with Crippen LogP contribution in [0.5, 0.6) is 0 Å². The molecule has 0 aliphatic heterocycles. The van der Waals surface area contributed by atoms with Gasteiger partial charge in [-0.25, -0.2) is 4.39 Å². The molecule has 0 saturated carbocycles. The number of rotatable bonds is 18. The first-order valence-corrected chi connectivity index (χ1v) is 59.7. The van der Waals surface area contributed by atoms with Gasteiger partial charge in [0, 0.05) is 114 Å². The first-order chi connectivity index (χ1) is 68.0. The zero-order valence-electron chi connectivity index (χ0n) is 86.3. The van der Waals surface area contributed by atoms with Crippen LogP contribution in [0.2, 0.25) is 58.9 Å². The number of nitrogens with zero attached hydrogens (tertiary/aromatic N) is 6. The van der Waals surface area contributed by atoms with Gasteiger partial charge in [-0.1, -0.05) is 319 Å². The van der Waals surface area contributed by atoms with Crippen molar-refractivity contribution < 1.29 is 78.0 Å². The molecule has 0 fully saturated rings. The van der Waals surface area contributed by atoms with Gasteiger partial charge < -0.3 is 43.2 Å². The minimum Gasteiger partial charge on any atom is -0.500 e. The fraction of sp³-hybridized carbons (Fsp3) is 0.209. The summed E-state index contributed by atoms with van der Waals surface area (Å²) in [5.41, 5.74) is 29.7. The van der Waals surface area contributed by atoms with Crippen LogP contribution >= 0.6 is 0 Å². The summed E-state index contributed by atoms with van der Waals surface area (Å²) in [5.74, 6) is 0.790. The zero-order chi connectivity index (χ0) is 100. The van der Waals surface area contributed by atoms with Crippen molar-refractivity contribution >= 4 is 106 Å². The maximum absolute atomic E-state index is 13.6. The maximum atomic E-state index is 13.6. The van der Waals surface area contributed by atoms with Gasteiger partial charge in [0.15, 0.2) is 0 Å². The normalized spacial score (nSPS) is 11.7. The smallest absolute Gasteiger partial charge is 0.121 e. The Balaban J connectivity index is 0.000000148. The summed E-state index contributed by atoms with van der Waals surface area (Å²) >= 11 is 0. The molecule has 0 bridgehead atoms. The van der Waals surface area contributed by atoms with Gasteiger partial charge in [0.25, 0.3) is 0 Å². The van der Waals surface area contributed by atoms with Crippen molar-refractivity contribution in [2.24, 2.45) is 11.3 Å². The molecule has 21 rings (SSSR count). The molecule has 0 N–H and O–H groups in total. The van der Waals surface area contributed by atoms with E-state index in [9.17, 15) is 4.39 Å². The van der Waals surface area contributed by atoms with Crippen molar-refractivity contribution in [3.63, 3.8) is 0 Å². The molecule has 1 unspecified atom stereocenters. The number of fused-ring (bicyclic) bond motifs is 9. The summed E-state index contributed by atoms with van der Waals surface area (Å²) in [7, 11) is -3.81. The van der Waals surface area contributed by atoms with Gasteiger partial charge in [-0.3, -0.25) is 0 Å². The van der Waals surface area contributed by atoms with Crippen LogP contribution in [0.1, 0.15) is 124 Å². The summed E-state index contributed by atoms with van der Waals surface area (Å²) in [6, 6.07) is 127. The molecule has 0 saturated heterocycles. The third-order valence-electron chi connectivity index (χ3n) is 25.8. The van der Waals surface area contributed by atoms with E-state index in [-0.39, 0.29) is 77.0 Å². The molecule has 12 aromatic carbocycles. The number of halogens is 1. The predicted molar refractivity (Wildman–Crippen MR) is 599 cm³/mol. The predicted octanol–water partition coefficient (Wildman–Crippen LogP) is 32.5. The van der Waals surface area contributed by atoms with Gasteiger partial charge in [0.1, 0.15) is 22.6 Å². The Bertz CT molecular complexity index is 7850. The van der Waals surface area contributed by atoms with Crippen molar-refractivity contribution in [3.05, 3.63) is 450 Å². The maximum Gasteiger partial charge on any atom is 0.121 e. The van der Waals surface area contributed by atoms with Crippen molar-refractivity contribution in [3.8, 4) is 67.5 Å². The number of benzene rings is 12. The first-order valence-electron chi connectivity index (χ1n) is 49.2. The minimum atomic E-state index is -1.34. The molecule has 9 heterocycles. The summed E-state index contributed by atoms with van der Waals surface area (Å²) < 4.78 is 31.9. The number of pyridine rings is 6. The van der Waals surface area contributed by atoms with Crippen LogP contribution in [0.4, 0.5) is 4.39 Å². The minimum absolute atomic E-state index is 0. The van der Waals surface area contributed by atoms with E-state index < -0.39 is 24.2 Å². The van der Waals surface area contributed by atoms with Crippen molar-refractivity contribution in [2.75, 3.05) is 0 Å². The van der Waals surface area contributed by atoms with Crippen LogP contribution in [0, 0.1) is 60.5 Å². The van der Waals surface area contributed by atoms with Gasteiger partial charge >= 0.3 is 0 Å². The van der Waals surface area contributed by atoms with E-state index in [0.29, 0.717) is 17.5 Å². The Morgan fingerprint density at radius 2 is 0.786 bits per heavy atom. The molecule has 9 nitrogen and oxygen atoms in total. The molecule has 0 spiro atoms. The van der Waals surface area contributed by atoms with Crippen molar-refractivity contribution in [1.82, 2.24) is 29.9 Å². The fourth-order valence-electron chi connectivity index (χ4n) is 17.3. The van der Waals surface area contributed by atoms with Gasteiger partial charge in [-0.2, -0.15) is 0 Å². The molecular formula is C129H125FIr3N6O3Si3-6. The average molecular weight is 2490 g/mol. The van der Waals surface area contributed by atoms with Crippen LogP contribution < -0.4 is 15.6 Å². The Kier molecular flexibility index (Phi) is 36.8. The molecule has 0 aliphatic rings. The monoisotopic (exact) mass is 2490 g/mol. The Morgan fingerprint density at radius 3 is 1.30 bits per heavy atom. The van der Waals surface area contributed by atoms with Crippen LogP contribution in [0.15, 0.2) is 366 Å². The molecule has 16 heteroatoms. The second kappa shape index (κ2) is 48.7. The number of hydrogen-bond acceptors (Lipinski definition) is 9. The fourth-order valence-corrected chi connectivity index (χ4v) is 21.0. The zero-order valence-corrected chi connectivity index (χ0v) is 96.4. The summed E-state index contributed by atoms with van der Waals surface area (Å²) in [4.78, 5) is 27.3. The first kappa shape index (κ1) is 110. The van der Waals surface area contributed by atoms with E-state index >= 15 is 0 Å². The van der Waals surface area contributed by atoms with E-state index in [0.717, 1.165) is 153 Å². The molecule has 1 atom stereocenters. The topological polar surface area (TPSA) is 117 Å². The van der Waals surface area contributed by atoms with E-state index in [1.165, 1.54) is 89.5 Å². The molecule has 3 radical (unpaired) electrons. The number of furan rings is 3.